The van der Waals surface area contributed by atoms with Crippen molar-refractivity contribution in [3.63, 3.8) is 0 Å². The lowest BCUT2D eigenvalue weighted by Gasteiger charge is -2.23. The first-order valence-corrected chi connectivity index (χ1v) is 10.2. The second-order valence-corrected chi connectivity index (χ2v) is 8.38. The monoisotopic (exact) mass is 374 g/mol. The summed E-state index contributed by atoms with van der Waals surface area (Å²) in [6.07, 6.45) is 0. The minimum Gasteiger partial charge on any atom is -0.354 e. The molecule has 0 aliphatic heterocycles. The number of nitrogens with one attached hydrogen (secondary N) is 2. The van der Waals surface area contributed by atoms with E-state index in [2.05, 4.69) is 23.9 Å². The number of amides is 1. The molecular formula is C20H26N2O3S. The Morgan fingerprint density at radius 2 is 1.46 bits per heavy atom. The lowest BCUT2D eigenvalue weighted by Crippen LogP contribution is -2.46. The predicted octanol–water partition coefficient (Wildman–Crippen LogP) is 2.91. The van der Waals surface area contributed by atoms with E-state index in [0.717, 1.165) is 5.56 Å². The average Bonchev–Trinajstić information content (AvgIpc) is 2.62. The van der Waals surface area contributed by atoms with E-state index < -0.39 is 16.1 Å². The van der Waals surface area contributed by atoms with Gasteiger partial charge in [-0.3, -0.25) is 4.79 Å². The fourth-order valence-corrected chi connectivity index (χ4v) is 3.98. The van der Waals surface area contributed by atoms with Gasteiger partial charge in [0.1, 0.15) is 0 Å². The van der Waals surface area contributed by atoms with Crippen molar-refractivity contribution >= 4 is 15.9 Å². The maximum absolute atomic E-state index is 12.4. The highest BCUT2D eigenvalue weighted by Crippen LogP contribution is 2.23. The number of hydrogen-bond donors (Lipinski definition) is 2. The summed E-state index contributed by atoms with van der Waals surface area (Å²) in [4.78, 5) is 12.5. The average molecular weight is 375 g/mol. The van der Waals surface area contributed by atoms with Crippen LogP contribution < -0.4 is 10.0 Å². The quantitative estimate of drug-likeness (QED) is 0.746. The van der Waals surface area contributed by atoms with Crippen LogP contribution in [0.1, 0.15) is 32.3 Å². The topological polar surface area (TPSA) is 75.3 Å². The van der Waals surface area contributed by atoms with E-state index >= 15 is 0 Å². The molecule has 2 N–H and O–H groups in total. The molecule has 0 aromatic heterocycles. The number of carbonyl (C=O) groups excluding carboxylic acids is 1. The van der Waals surface area contributed by atoms with Crippen molar-refractivity contribution in [3.8, 4) is 0 Å². The Hall–Kier alpha value is -2.18. The molecule has 0 saturated carbocycles. The first-order valence-electron chi connectivity index (χ1n) is 8.71. The molecule has 2 aromatic carbocycles. The molecular weight excluding hydrogens is 348 g/mol. The molecule has 5 nitrogen and oxygen atoms in total. The molecule has 0 aliphatic rings. The Kier molecular flexibility index (Phi) is 6.94. The number of benzene rings is 2. The molecule has 0 spiro atoms. The maximum Gasteiger partial charge on any atom is 0.241 e. The van der Waals surface area contributed by atoms with Gasteiger partial charge in [0.05, 0.1) is 10.9 Å². The molecule has 2 rings (SSSR count). The molecule has 140 valence electrons. The van der Waals surface area contributed by atoms with Gasteiger partial charge in [0.25, 0.3) is 0 Å². The van der Waals surface area contributed by atoms with Gasteiger partial charge in [0.15, 0.2) is 0 Å². The van der Waals surface area contributed by atoms with E-state index in [1.165, 1.54) is 12.1 Å². The lowest BCUT2D eigenvalue weighted by atomic mass is 9.88. The summed E-state index contributed by atoms with van der Waals surface area (Å²) in [5, 5.41) is 2.87. The molecule has 2 aromatic rings. The number of hydrogen-bond acceptors (Lipinski definition) is 3. The van der Waals surface area contributed by atoms with Gasteiger partial charge >= 0.3 is 0 Å². The highest BCUT2D eigenvalue weighted by Gasteiger charge is 2.23. The van der Waals surface area contributed by atoms with Crippen LogP contribution in [0.5, 0.6) is 0 Å². The smallest absolute Gasteiger partial charge is 0.241 e. The molecule has 0 radical (unpaired) electrons. The summed E-state index contributed by atoms with van der Waals surface area (Å²) in [6, 6.07) is 17.2. The molecule has 0 bridgehead atoms. The minimum absolute atomic E-state index is 0.143. The molecule has 26 heavy (non-hydrogen) atoms. The SMILES string of the molecule is CC(C)C(CNC(=O)[C@H](C)NS(=O)(=O)c1ccccc1)c1ccccc1. The molecule has 0 saturated heterocycles. The van der Waals surface area contributed by atoms with Gasteiger partial charge in [-0.25, -0.2) is 8.42 Å². The second kappa shape index (κ2) is 8.96. The van der Waals surface area contributed by atoms with E-state index in [-0.39, 0.29) is 16.7 Å². The summed E-state index contributed by atoms with van der Waals surface area (Å²) < 4.78 is 27.1. The summed E-state index contributed by atoms with van der Waals surface area (Å²) in [6.45, 7) is 6.21. The fourth-order valence-electron chi connectivity index (χ4n) is 2.76. The van der Waals surface area contributed by atoms with Crippen molar-refractivity contribution in [2.45, 2.75) is 37.6 Å². The highest BCUT2D eigenvalue weighted by atomic mass is 32.2. The minimum atomic E-state index is -3.72. The largest absolute Gasteiger partial charge is 0.354 e. The zero-order chi connectivity index (χ0) is 19.2. The molecule has 1 amide bonds. The van der Waals surface area contributed by atoms with Crippen LogP contribution in [-0.4, -0.2) is 26.9 Å². The third kappa shape index (κ3) is 5.41. The third-order valence-electron chi connectivity index (χ3n) is 4.31. The summed E-state index contributed by atoms with van der Waals surface area (Å²) >= 11 is 0. The van der Waals surface area contributed by atoms with Crippen molar-refractivity contribution in [2.24, 2.45) is 5.92 Å². The van der Waals surface area contributed by atoms with Gasteiger partial charge in [-0.2, -0.15) is 4.72 Å². The fraction of sp³-hybridized carbons (Fsp3) is 0.350. The lowest BCUT2D eigenvalue weighted by molar-refractivity contribution is -0.122. The van der Waals surface area contributed by atoms with Crippen LogP contribution in [0.25, 0.3) is 0 Å². The van der Waals surface area contributed by atoms with Crippen LogP contribution in [0.3, 0.4) is 0 Å². The first kappa shape index (κ1) is 20.1. The van der Waals surface area contributed by atoms with Crippen LogP contribution >= 0.6 is 0 Å². The summed E-state index contributed by atoms with van der Waals surface area (Å²) in [5.74, 6) is 0.165. The Bertz CT molecular complexity index is 805. The van der Waals surface area contributed by atoms with Crippen LogP contribution in [0.2, 0.25) is 0 Å². The van der Waals surface area contributed by atoms with Crippen LogP contribution in [0.4, 0.5) is 0 Å². The van der Waals surface area contributed by atoms with Gasteiger partial charge < -0.3 is 5.32 Å². The Labute approximate surface area is 155 Å². The van der Waals surface area contributed by atoms with Crippen LogP contribution in [-0.2, 0) is 14.8 Å². The van der Waals surface area contributed by atoms with Crippen molar-refractivity contribution in [1.29, 1.82) is 0 Å². The van der Waals surface area contributed by atoms with Crippen molar-refractivity contribution in [2.75, 3.05) is 6.54 Å². The summed E-state index contributed by atoms with van der Waals surface area (Å²) in [7, 11) is -3.72. The van der Waals surface area contributed by atoms with Crippen molar-refractivity contribution in [1.82, 2.24) is 10.0 Å². The zero-order valence-electron chi connectivity index (χ0n) is 15.3. The molecule has 6 heteroatoms. The number of carbonyl (C=O) groups is 1. The normalized spacial score (nSPS) is 14.0. The maximum atomic E-state index is 12.4. The van der Waals surface area contributed by atoms with E-state index in [0.29, 0.717) is 12.5 Å². The van der Waals surface area contributed by atoms with Crippen molar-refractivity contribution < 1.29 is 13.2 Å². The van der Waals surface area contributed by atoms with E-state index in [1.807, 2.05) is 30.3 Å². The molecule has 2 atom stereocenters. The Morgan fingerprint density at radius 1 is 0.923 bits per heavy atom. The van der Waals surface area contributed by atoms with Crippen LogP contribution in [0, 0.1) is 5.92 Å². The predicted molar refractivity (Wildman–Crippen MR) is 103 cm³/mol. The second-order valence-electron chi connectivity index (χ2n) is 6.66. The third-order valence-corrected chi connectivity index (χ3v) is 5.86. The number of sulfonamides is 1. The molecule has 0 fully saturated rings. The first-order chi connectivity index (χ1) is 12.3. The van der Waals surface area contributed by atoms with Gasteiger partial charge in [0, 0.05) is 12.5 Å². The van der Waals surface area contributed by atoms with E-state index in [1.54, 1.807) is 25.1 Å². The molecule has 0 heterocycles. The van der Waals surface area contributed by atoms with Gasteiger partial charge in [0.2, 0.25) is 15.9 Å². The Morgan fingerprint density at radius 3 is 2.00 bits per heavy atom. The standard InChI is InChI=1S/C20H26N2O3S/c1-15(2)19(17-10-6-4-7-11-17)14-21-20(23)16(3)22-26(24,25)18-12-8-5-9-13-18/h4-13,15-16,19,22H,14H2,1-3H3,(H,21,23)/t16-,19?/m0/s1. The molecule has 0 aliphatic carbocycles. The zero-order valence-corrected chi connectivity index (χ0v) is 16.2. The molecule has 1 unspecified atom stereocenters. The summed E-state index contributed by atoms with van der Waals surface area (Å²) in [5.41, 5.74) is 1.15. The highest BCUT2D eigenvalue weighted by molar-refractivity contribution is 7.89. The Balaban J connectivity index is 1.98. The van der Waals surface area contributed by atoms with Gasteiger partial charge in [-0.1, -0.05) is 62.4 Å². The van der Waals surface area contributed by atoms with Crippen LogP contribution in [0.15, 0.2) is 65.6 Å². The number of rotatable bonds is 8. The van der Waals surface area contributed by atoms with Gasteiger partial charge in [-0.05, 0) is 30.5 Å². The van der Waals surface area contributed by atoms with E-state index in [4.69, 9.17) is 0 Å². The van der Waals surface area contributed by atoms with Crippen molar-refractivity contribution in [3.05, 3.63) is 66.2 Å². The van der Waals surface area contributed by atoms with E-state index in [9.17, 15) is 13.2 Å². The van der Waals surface area contributed by atoms with Gasteiger partial charge in [-0.15, -0.1) is 0 Å².